The van der Waals surface area contributed by atoms with Crippen molar-refractivity contribution in [1.82, 2.24) is 4.90 Å². The highest BCUT2D eigenvalue weighted by molar-refractivity contribution is 5.76. The fraction of sp³-hybridized carbons (Fsp3) is 0.800. The molecule has 3 atom stereocenters. The molecule has 86 valence electrons. The number of hydrogen-bond donors (Lipinski definition) is 2. The number of carbonyl (C=O) groups is 2. The molecule has 15 heavy (non-hydrogen) atoms. The van der Waals surface area contributed by atoms with E-state index >= 15 is 0 Å². The molecule has 1 saturated heterocycles. The Kier molecular flexibility index (Phi) is 3.68. The molecular weight excluding hydrogens is 196 g/mol. The molecule has 0 bridgehead atoms. The van der Waals surface area contributed by atoms with Crippen molar-refractivity contribution in [3.8, 4) is 0 Å². The van der Waals surface area contributed by atoms with E-state index in [0.29, 0.717) is 13.1 Å². The zero-order chi connectivity index (χ0) is 11.6. The highest BCUT2D eigenvalue weighted by atomic mass is 16.4. The van der Waals surface area contributed by atoms with E-state index in [1.807, 2.05) is 11.8 Å². The van der Waals surface area contributed by atoms with E-state index in [1.54, 1.807) is 6.92 Å². The van der Waals surface area contributed by atoms with Crippen LogP contribution in [0.15, 0.2) is 0 Å². The number of likely N-dealkylation sites (tertiary alicyclic amines) is 1. The highest BCUT2D eigenvalue weighted by Gasteiger charge is 2.35. The van der Waals surface area contributed by atoms with Gasteiger partial charge in [0.2, 0.25) is 5.91 Å². The molecule has 0 aromatic heterocycles. The summed E-state index contributed by atoms with van der Waals surface area (Å²) in [5.41, 5.74) is 5.16. The van der Waals surface area contributed by atoms with Crippen molar-refractivity contribution >= 4 is 11.9 Å². The Morgan fingerprint density at radius 1 is 1.53 bits per heavy atom. The largest absolute Gasteiger partial charge is 0.481 e. The second-order valence-electron chi connectivity index (χ2n) is 4.44. The summed E-state index contributed by atoms with van der Waals surface area (Å²) in [6, 6.07) is 0. The first kappa shape index (κ1) is 12.0. The molecule has 3 N–H and O–H groups in total. The van der Waals surface area contributed by atoms with E-state index in [4.69, 9.17) is 10.8 Å². The molecule has 1 amide bonds. The van der Waals surface area contributed by atoms with E-state index in [0.717, 1.165) is 6.54 Å². The molecule has 0 saturated carbocycles. The number of carboxylic acid groups (broad SMARTS) is 1. The second kappa shape index (κ2) is 4.61. The average Bonchev–Trinajstić information content (AvgIpc) is 2.46. The smallest absolute Gasteiger partial charge is 0.308 e. The van der Waals surface area contributed by atoms with Gasteiger partial charge in [0.1, 0.15) is 0 Å². The summed E-state index contributed by atoms with van der Waals surface area (Å²) in [6.07, 6.45) is 0. The van der Waals surface area contributed by atoms with Crippen molar-refractivity contribution in [2.45, 2.75) is 13.8 Å². The van der Waals surface area contributed by atoms with Crippen LogP contribution in [-0.4, -0.2) is 41.5 Å². The Bertz CT molecular complexity index is 265. The summed E-state index contributed by atoms with van der Waals surface area (Å²) in [5, 5.41) is 8.93. The number of carboxylic acids is 1. The molecule has 0 aromatic carbocycles. The molecule has 0 aromatic rings. The third-order valence-corrected chi connectivity index (χ3v) is 3.02. The molecule has 0 radical (unpaired) electrons. The van der Waals surface area contributed by atoms with Crippen LogP contribution in [-0.2, 0) is 9.59 Å². The van der Waals surface area contributed by atoms with Gasteiger partial charge in [-0.2, -0.15) is 0 Å². The van der Waals surface area contributed by atoms with Gasteiger partial charge in [-0.05, 0) is 5.92 Å². The maximum Gasteiger partial charge on any atom is 0.308 e. The van der Waals surface area contributed by atoms with Gasteiger partial charge in [-0.1, -0.05) is 13.8 Å². The Hall–Kier alpha value is -1.10. The average molecular weight is 214 g/mol. The van der Waals surface area contributed by atoms with Crippen LogP contribution in [0.2, 0.25) is 0 Å². The van der Waals surface area contributed by atoms with E-state index < -0.39 is 5.97 Å². The number of nitrogens with two attached hydrogens (primary N) is 1. The van der Waals surface area contributed by atoms with Crippen molar-refractivity contribution in [3.63, 3.8) is 0 Å². The summed E-state index contributed by atoms with van der Waals surface area (Å²) in [7, 11) is 0. The van der Waals surface area contributed by atoms with Crippen LogP contribution >= 0.6 is 0 Å². The van der Waals surface area contributed by atoms with Gasteiger partial charge in [0, 0.05) is 25.6 Å². The number of carbonyl (C=O) groups excluding carboxylic acids is 1. The summed E-state index contributed by atoms with van der Waals surface area (Å²) in [5.74, 6) is -1.48. The molecule has 1 heterocycles. The van der Waals surface area contributed by atoms with Crippen molar-refractivity contribution < 1.29 is 14.7 Å². The fourth-order valence-corrected chi connectivity index (χ4v) is 2.01. The molecule has 1 aliphatic rings. The normalized spacial score (nSPS) is 28.9. The zero-order valence-corrected chi connectivity index (χ0v) is 9.14. The van der Waals surface area contributed by atoms with Crippen LogP contribution < -0.4 is 5.73 Å². The summed E-state index contributed by atoms with van der Waals surface area (Å²) >= 11 is 0. The third-order valence-electron chi connectivity index (χ3n) is 3.02. The zero-order valence-electron chi connectivity index (χ0n) is 9.14. The topological polar surface area (TPSA) is 83.6 Å². The number of aliphatic carboxylic acids is 1. The Morgan fingerprint density at radius 3 is 2.53 bits per heavy atom. The molecule has 5 nitrogen and oxygen atoms in total. The van der Waals surface area contributed by atoms with Crippen molar-refractivity contribution in [3.05, 3.63) is 0 Å². The van der Waals surface area contributed by atoms with Gasteiger partial charge in [0.25, 0.3) is 0 Å². The van der Waals surface area contributed by atoms with E-state index in [-0.39, 0.29) is 23.7 Å². The Labute approximate surface area is 89.2 Å². The minimum absolute atomic E-state index is 0.141. The minimum Gasteiger partial charge on any atom is -0.481 e. The first-order valence-electron chi connectivity index (χ1n) is 5.16. The number of hydrogen-bond acceptors (Lipinski definition) is 3. The lowest BCUT2D eigenvalue weighted by Crippen LogP contribution is -2.34. The SMILES string of the molecule is CC(CN1C[C@@H](C)[C@H](C(=O)O)C1)C(N)=O. The molecule has 1 aliphatic heterocycles. The number of primary amides is 1. The maximum absolute atomic E-state index is 10.9. The Morgan fingerprint density at radius 2 is 2.13 bits per heavy atom. The van der Waals surface area contributed by atoms with Gasteiger partial charge in [0.05, 0.1) is 5.92 Å². The monoisotopic (exact) mass is 214 g/mol. The fourth-order valence-electron chi connectivity index (χ4n) is 2.01. The number of nitrogens with zero attached hydrogens (tertiary/aromatic N) is 1. The van der Waals surface area contributed by atoms with Gasteiger partial charge < -0.3 is 15.7 Å². The van der Waals surface area contributed by atoms with Crippen molar-refractivity contribution in [2.75, 3.05) is 19.6 Å². The number of rotatable bonds is 4. The van der Waals surface area contributed by atoms with Crippen LogP contribution in [0, 0.1) is 17.8 Å². The Balaban J connectivity index is 2.48. The lowest BCUT2D eigenvalue weighted by molar-refractivity contribution is -0.142. The molecule has 0 aliphatic carbocycles. The molecule has 0 spiro atoms. The molecule has 5 heteroatoms. The predicted molar refractivity (Wildman–Crippen MR) is 55.1 cm³/mol. The van der Waals surface area contributed by atoms with Crippen LogP contribution in [0.1, 0.15) is 13.8 Å². The summed E-state index contributed by atoms with van der Waals surface area (Å²) in [4.78, 5) is 23.7. The van der Waals surface area contributed by atoms with E-state index in [1.165, 1.54) is 0 Å². The van der Waals surface area contributed by atoms with E-state index in [9.17, 15) is 9.59 Å². The first-order valence-corrected chi connectivity index (χ1v) is 5.16. The first-order chi connectivity index (χ1) is 6.91. The second-order valence-corrected chi connectivity index (χ2v) is 4.44. The van der Waals surface area contributed by atoms with Crippen LogP contribution in [0.3, 0.4) is 0 Å². The lowest BCUT2D eigenvalue weighted by Gasteiger charge is -2.18. The number of amides is 1. The van der Waals surface area contributed by atoms with Crippen molar-refractivity contribution in [1.29, 1.82) is 0 Å². The summed E-state index contributed by atoms with van der Waals surface area (Å²) in [6.45, 7) is 5.50. The van der Waals surface area contributed by atoms with Crippen LogP contribution in [0.4, 0.5) is 0 Å². The van der Waals surface area contributed by atoms with Gasteiger partial charge in [-0.15, -0.1) is 0 Å². The maximum atomic E-state index is 10.9. The third kappa shape index (κ3) is 2.92. The van der Waals surface area contributed by atoms with Gasteiger partial charge in [-0.25, -0.2) is 0 Å². The van der Waals surface area contributed by atoms with Crippen LogP contribution in [0.5, 0.6) is 0 Å². The summed E-state index contributed by atoms with van der Waals surface area (Å²) < 4.78 is 0. The minimum atomic E-state index is -0.753. The van der Waals surface area contributed by atoms with Crippen LogP contribution in [0.25, 0.3) is 0 Å². The molecule has 1 fully saturated rings. The molecule has 1 unspecified atom stereocenters. The van der Waals surface area contributed by atoms with Gasteiger partial charge in [0.15, 0.2) is 0 Å². The van der Waals surface area contributed by atoms with Gasteiger partial charge >= 0.3 is 5.97 Å². The highest BCUT2D eigenvalue weighted by Crippen LogP contribution is 2.23. The van der Waals surface area contributed by atoms with E-state index in [2.05, 4.69) is 0 Å². The predicted octanol–water partition coefficient (Wildman–Crippen LogP) is -0.240. The standard InChI is InChI=1S/C10H18N2O3/c1-6-3-12(4-7(2)9(11)13)5-8(6)10(14)15/h6-8H,3-5H2,1-2H3,(H2,11,13)(H,14,15)/t6-,7?,8-/m1/s1. The van der Waals surface area contributed by atoms with Crippen molar-refractivity contribution in [2.24, 2.45) is 23.5 Å². The molecule has 1 rings (SSSR count). The molecular formula is C10H18N2O3. The quantitative estimate of drug-likeness (QED) is 0.676. The van der Waals surface area contributed by atoms with Gasteiger partial charge in [-0.3, -0.25) is 9.59 Å². The lowest BCUT2D eigenvalue weighted by atomic mass is 9.99.